The van der Waals surface area contributed by atoms with E-state index >= 15 is 0 Å². The Balaban J connectivity index is 1.81. The molecule has 1 saturated heterocycles. The van der Waals surface area contributed by atoms with Gasteiger partial charge in [0.25, 0.3) is 5.91 Å². The molecule has 0 saturated carbocycles. The molecule has 1 aromatic carbocycles. The lowest BCUT2D eigenvalue weighted by atomic mass is 9.91. The van der Waals surface area contributed by atoms with Gasteiger partial charge in [-0.25, -0.2) is 14.2 Å². The van der Waals surface area contributed by atoms with Gasteiger partial charge in [-0.3, -0.25) is 9.59 Å². The summed E-state index contributed by atoms with van der Waals surface area (Å²) in [6.07, 6.45) is 0.639. The van der Waals surface area contributed by atoms with Crippen LogP contribution in [0.1, 0.15) is 43.7 Å². The molecular weight excluding hydrogens is 511 g/mol. The number of pyridine rings is 1. The van der Waals surface area contributed by atoms with Crippen molar-refractivity contribution >= 4 is 17.8 Å². The van der Waals surface area contributed by atoms with Crippen molar-refractivity contribution in [1.29, 1.82) is 0 Å². The van der Waals surface area contributed by atoms with Crippen molar-refractivity contribution in [3.05, 3.63) is 53.6 Å². The zero-order valence-electron chi connectivity index (χ0n) is 22.8. The van der Waals surface area contributed by atoms with Gasteiger partial charge in [0.05, 0.1) is 26.4 Å². The summed E-state index contributed by atoms with van der Waals surface area (Å²) in [5.74, 6) is -2.53. The van der Waals surface area contributed by atoms with Gasteiger partial charge >= 0.3 is 11.9 Å². The van der Waals surface area contributed by atoms with Crippen LogP contribution in [0.25, 0.3) is 0 Å². The number of aromatic nitrogens is 1. The Labute approximate surface area is 227 Å². The monoisotopic (exact) mass is 546 g/mol. The first kappa shape index (κ1) is 30.0. The molecule has 10 nitrogen and oxygen atoms in total. The number of ether oxygens (including phenoxy) is 5. The van der Waals surface area contributed by atoms with E-state index in [9.17, 15) is 18.8 Å². The Morgan fingerprint density at radius 1 is 1.18 bits per heavy atom. The van der Waals surface area contributed by atoms with Gasteiger partial charge in [0.1, 0.15) is 11.9 Å². The number of benzene rings is 1. The van der Waals surface area contributed by atoms with Crippen LogP contribution < -0.4 is 14.8 Å². The number of hydrogen-bond acceptors (Lipinski definition) is 9. The minimum atomic E-state index is -1.17. The third kappa shape index (κ3) is 8.46. The number of halogens is 1. The highest BCUT2D eigenvalue weighted by Crippen LogP contribution is 2.30. The number of amides is 1. The standard InChI is InChI=1S/C28H35FN2O8/c1-16(2)13-37-25-17(3)38-28(34)22(15-36-14-20(25)12-19-6-8-21(29)9-7-19)31-27(33)24-26(39-18(4)32)23(35-5)10-11-30-24/h6-11,16-17,20,22,25H,12-15H2,1-5H3,(H,31,33)/t17-,20-,22-,25-/m0/s1. The molecule has 1 aliphatic heterocycles. The second-order valence-corrected chi connectivity index (χ2v) is 9.77. The van der Waals surface area contributed by atoms with E-state index in [4.69, 9.17) is 23.7 Å². The predicted molar refractivity (Wildman–Crippen MR) is 138 cm³/mol. The Bertz CT molecular complexity index is 1140. The second kappa shape index (κ2) is 14.0. The van der Waals surface area contributed by atoms with Crippen LogP contribution in [-0.2, 0) is 30.2 Å². The van der Waals surface area contributed by atoms with Gasteiger partial charge in [0.2, 0.25) is 5.75 Å². The summed E-state index contributed by atoms with van der Waals surface area (Å²) >= 11 is 0. The minimum absolute atomic E-state index is 0.126. The molecule has 1 fully saturated rings. The highest BCUT2D eigenvalue weighted by molar-refractivity contribution is 5.98. The van der Waals surface area contributed by atoms with E-state index in [0.29, 0.717) is 13.0 Å². The number of rotatable bonds is 9. The largest absolute Gasteiger partial charge is 0.493 e. The summed E-state index contributed by atoms with van der Waals surface area (Å²) in [7, 11) is 1.36. The lowest BCUT2D eigenvalue weighted by molar-refractivity contribution is -0.161. The maximum Gasteiger partial charge on any atom is 0.331 e. The molecule has 1 amide bonds. The first-order valence-corrected chi connectivity index (χ1v) is 12.8. The van der Waals surface area contributed by atoms with Crippen LogP contribution in [0.3, 0.4) is 0 Å². The van der Waals surface area contributed by atoms with E-state index in [-0.39, 0.29) is 48.1 Å². The van der Waals surface area contributed by atoms with E-state index in [0.717, 1.165) is 5.56 Å². The van der Waals surface area contributed by atoms with E-state index < -0.39 is 36.1 Å². The van der Waals surface area contributed by atoms with Gasteiger partial charge in [0, 0.05) is 31.7 Å². The van der Waals surface area contributed by atoms with Crippen LogP contribution in [0, 0.1) is 17.7 Å². The number of hydrogen-bond donors (Lipinski definition) is 1. The van der Waals surface area contributed by atoms with Crippen LogP contribution in [-0.4, -0.2) is 68.0 Å². The van der Waals surface area contributed by atoms with Crippen molar-refractivity contribution in [3.63, 3.8) is 0 Å². The van der Waals surface area contributed by atoms with Crippen LogP contribution in [0.4, 0.5) is 4.39 Å². The predicted octanol–water partition coefficient (Wildman–Crippen LogP) is 3.12. The van der Waals surface area contributed by atoms with Crippen LogP contribution in [0.2, 0.25) is 0 Å². The highest BCUT2D eigenvalue weighted by atomic mass is 19.1. The number of nitrogens with zero attached hydrogens (tertiary/aromatic N) is 1. The fourth-order valence-corrected chi connectivity index (χ4v) is 4.21. The molecule has 39 heavy (non-hydrogen) atoms. The molecular formula is C28H35FN2O8. The number of nitrogens with one attached hydrogen (secondary N) is 1. The number of esters is 2. The molecule has 3 rings (SSSR count). The van der Waals surface area contributed by atoms with Crippen LogP contribution in [0.5, 0.6) is 11.5 Å². The average molecular weight is 547 g/mol. The van der Waals surface area contributed by atoms with E-state index in [2.05, 4.69) is 10.3 Å². The summed E-state index contributed by atoms with van der Waals surface area (Å²) in [5.41, 5.74) is 0.644. The maximum atomic E-state index is 13.5. The molecule has 0 spiro atoms. The van der Waals surface area contributed by atoms with Gasteiger partial charge < -0.3 is 29.0 Å². The smallest absolute Gasteiger partial charge is 0.331 e. The van der Waals surface area contributed by atoms with Crippen LogP contribution >= 0.6 is 0 Å². The summed E-state index contributed by atoms with van der Waals surface area (Å²) in [6, 6.07) is 6.44. The fraction of sp³-hybridized carbons (Fsp3) is 0.500. The summed E-state index contributed by atoms with van der Waals surface area (Å²) in [5, 5.41) is 2.57. The fourth-order valence-electron chi connectivity index (χ4n) is 4.21. The Morgan fingerprint density at radius 3 is 2.54 bits per heavy atom. The zero-order valence-corrected chi connectivity index (χ0v) is 22.8. The zero-order chi connectivity index (χ0) is 28.5. The summed E-state index contributed by atoms with van der Waals surface area (Å²) in [4.78, 5) is 41.9. The molecule has 212 valence electrons. The molecule has 0 aliphatic carbocycles. The molecule has 11 heteroatoms. The van der Waals surface area contributed by atoms with Gasteiger partial charge in [-0.1, -0.05) is 26.0 Å². The van der Waals surface area contributed by atoms with Gasteiger partial charge in [-0.2, -0.15) is 0 Å². The molecule has 4 atom stereocenters. The van der Waals surface area contributed by atoms with Crippen molar-refractivity contribution in [1.82, 2.24) is 10.3 Å². The van der Waals surface area contributed by atoms with E-state index in [1.807, 2.05) is 13.8 Å². The number of cyclic esters (lactones) is 1. The first-order valence-electron chi connectivity index (χ1n) is 12.8. The third-order valence-electron chi connectivity index (χ3n) is 6.02. The Kier molecular flexibility index (Phi) is 10.8. The quantitative estimate of drug-likeness (QED) is 0.473. The van der Waals surface area contributed by atoms with Gasteiger partial charge in [-0.15, -0.1) is 0 Å². The van der Waals surface area contributed by atoms with Crippen LogP contribution in [0.15, 0.2) is 36.5 Å². The number of carbonyl (C=O) groups is 3. The molecule has 1 N–H and O–H groups in total. The molecule has 1 aliphatic rings. The lowest BCUT2D eigenvalue weighted by Crippen LogP contribution is -2.46. The molecule has 0 radical (unpaired) electrons. The van der Waals surface area contributed by atoms with Crippen molar-refractivity contribution in [3.8, 4) is 11.5 Å². The molecule has 0 bridgehead atoms. The van der Waals surface area contributed by atoms with Crippen molar-refractivity contribution in [2.24, 2.45) is 11.8 Å². The van der Waals surface area contributed by atoms with Crippen molar-refractivity contribution in [2.45, 2.75) is 52.4 Å². The van der Waals surface area contributed by atoms with Crippen molar-refractivity contribution < 1.29 is 42.5 Å². The topological polar surface area (TPSA) is 122 Å². The molecule has 1 aromatic heterocycles. The molecule has 0 unspecified atom stereocenters. The van der Waals surface area contributed by atoms with E-state index in [1.54, 1.807) is 19.1 Å². The summed E-state index contributed by atoms with van der Waals surface area (Å²) < 4.78 is 41.6. The van der Waals surface area contributed by atoms with E-state index in [1.165, 1.54) is 38.4 Å². The maximum absolute atomic E-state index is 13.5. The number of carbonyl (C=O) groups excluding carboxylic acids is 3. The van der Waals surface area contributed by atoms with Gasteiger partial charge in [0.15, 0.2) is 17.5 Å². The third-order valence-corrected chi connectivity index (χ3v) is 6.02. The first-order chi connectivity index (χ1) is 18.6. The SMILES string of the molecule is COc1ccnc(C(=O)N[C@H]2COC[C@H](Cc3ccc(F)cc3)[C@@H](OCC(C)C)[C@H](C)OC2=O)c1OC(C)=O. The molecule has 2 aromatic rings. The number of methoxy groups -OCH3 is 1. The lowest BCUT2D eigenvalue weighted by Gasteiger charge is -2.31. The van der Waals surface area contributed by atoms with Crippen molar-refractivity contribution in [2.75, 3.05) is 26.9 Å². The highest BCUT2D eigenvalue weighted by Gasteiger charge is 2.36. The Morgan fingerprint density at radius 2 is 1.90 bits per heavy atom. The van der Waals surface area contributed by atoms with Gasteiger partial charge in [-0.05, 0) is 37.0 Å². The molecule has 2 heterocycles. The normalized spacial score (nSPS) is 21.8. The minimum Gasteiger partial charge on any atom is -0.493 e. The summed E-state index contributed by atoms with van der Waals surface area (Å²) in [6.45, 7) is 7.39. The Hall–Kier alpha value is -3.57. The second-order valence-electron chi connectivity index (χ2n) is 9.77. The average Bonchev–Trinajstić information content (AvgIpc) is 2.92.